The maximum atomic E-state index is 12.4. The molecule has 0 aliphatic carbocycles. The minimum Gasteiger partial charge on any atom is -0.497 e. The van der Waals surface area contributed by atoms with E-state index in [1.54, 1.807) is 38.3 Å². The van der Waals surface area contributed by atoms with Gasteiger partial charge in [-0.25, -0.2) is 13.1 Å². The van der Waals surface area contributed by atoms with Crippen molar-refractivity contribution in [1.82, 2.24) is 4.72 Å². The summed E-state index contributed by atoms with van der Waals surface area (Å²) in [6, 6.07) is 11.6. The van der Waals surface area contributed by atoms with Gasteiger partial charge in [-0.15, -0.1) is 0 Å². The lowest BCUT2D eigenvalue weighted by molar-refractivity contribution is 0.414. The fraction of sp³-hybridized carbons (Fsp3) is 0.250. The third kappa shape index (κ3) is 3.80. The molecule has 2 aromatic carbocycles. The van der Waals surface area contributed by atoms with Crippen molar-refractivity contribution in [3.63, 3.8) is 0 Å². The zero-order valence-corrected chi connectivity index (χ0v) is 14.2. The molecular formula is C16H18ClNO3S. The summed E-state index contributed by atoms with van der Waals surface area (Å²) in [4.78, 5) is 0.156. The summed E-state index contributed by atoms with van der Waals surface area (Å²) >= 11 is 6.00. The van der Waals surface area contributed by atoms with E-state index in [0.29, 0.717) is 5.02 Å². The van der Waals surface area contributed by atoms with Crippen LogP contribution in [0.2, 0.25) is 5.02 Å². The Bertz CT molecular complexity index is 757. The highest BCUT2D eigenvalue weighted by atomic mass is 35.5. The van der Waals surface area contributed by atoms with E-state index in [0.717, 1.165) is 16.9 Å². The van der Waals surface area contributed by atoms with Crippen molar-refractivity contribution in [1.29, 1.82) is 0 Å². The molecule has 0 aromatic heterocycles. The molecule has 2 aromatic rings. The first-order chi connectivity index (χ1) is 10.3. The Balaban J connectivity index is 2.21. The summed E-state index contributed by atoms with van der Waals surface area (Å²) in [5.41, 5.74) is 1.69. The molecule has 0 radical (unpaired) electrons. The van der Waals surface area contributed by atoms with E-state index in [1.807, 2.05) is 19.1 Å². The Morgan fingerprint density at radius 2 is 1.77 bits per heavy atom. The van der Waals surface area contributed by atoms with Crippen LogP contribution in [0.15, 0.2) is 47.4 Å². The summed E-state index contributed by atoms with van der Waals surface area (Å²) in [5, 5.41) is 0.431. The SMILES string of the molecule is COc1ccc(C(C)NS(=O)(=O)c2ccc(C)c(Cl)c2)cc1. The monoisotopic (exact) mass is 339 g/mol. The van der Waals surface area contributed by atoms with Crippen molar-refractivity contribution in [2.45, 2.75) is 24.8 Å². The first-order valence-corrected chi connectivity index (χ1v) is 8.62. The van der Waals surface area contributed by atoms with E-state index in [4.69, 9.17) is 16.3 Å². The lowest BCUT2D eigenvalue weighted by Gasteiger charge is -2.15. The molecular weight excluding hydrogens is 322 g/mol. The Morgan fingerprint density at radius 3 is 2.32 bits per heavy atom. The second kappa shape index (κ2) is 6.69. The minimum absolute atomic E-state index is 0.156. The maximum absolute atomic E-state index is 12.4. The van der Waals surface area contributed by atoms with Gasteiger partial charge in [0.25, 0.3) is 0 Å². The van der Waals surface area contributed by atoms with Gasteiger partial charge in [0, 0.05) is 11.1 Å². The molecule has 4 nitrogen and oxygen atoms in total. The Labute approximate surface area is 136 Å². The Hall–Kier alpha value is -1.56. The van der Waals surface area contributed by atoms with Crippen LogP contribution in [-0.4, -0.2) is 15.5 Å². The predicted octanol–water partition coefficient (Wildman–Crippen LogP) is 3.70. The van der Waals surface area contributed by atoms with Gasteiger partial charge in [0.2, 0.25) is 10.0 Å². The van der Waals surface area contributed by atoms with E-state index in [-0.39, 0.29) is 10.9 Å². The number of sulfonamides is 1. The van der Waals surface area contributed by atoms with Crippen LogP contribution >= 0.6 is 11.6 Å². The maximum Gasteiger partial charge on any atom is 0.241 e. The van der Waals surface area contributed by atoms with Crippen LogP contribution in [0.1, 0.15) is 24.1 Å². The number of methoxy groups -OCH3 is 1. The molecule has 0 aliphatic rings. The molecule has 0 heterocycles. The first-order valence-electron chi connectivity index (χ1n) is 6.76. The van der Waals surface area contributed by atoms with Gasteiger partial charge in [-0.1, -0.05) is 29.8 Å². The molecule has 6 heteroatoms. The summed E-state index contributed by atoms with van der Waals surface area (Å²) in [7, 11) is -2.04. The molecule has 0 saturated heterocycles. The van der Waals surface area contributed by atoms with Crippen LogP contribution in [-0.2, 0) is 10.0 Å². The van der Waals surface area contributed by atoms with E-state index in [9.17, 15) is 8.42 Å². The van der Waals surface area contributed by atoms with Crippen LogP contribution in [0.4, 0.5) is 0 Å². The van der Waals surface area contributed by atoms with Crippen LogP contribution in [0.25, 0.3) is 0 Å². The van der Waals surface area contributed by atoms with Gasteiger partial charge in [-0.2, -0.15) is 0 Å². The first kappa shape index (κ1) is 16.8. The molecule has 22 heavy (non-hydrogen) atoms. The molecule has 0 fully saturated rings. The summed E-state index contributed by atoms with van der Waals surface area (Å²) in [6.45, 7) is 3.61. The molecule has 1 unspecified atom stereocenters. The van der Waals surface area contributed by atoms with Gasteiger partial charge in [-0.05, 0) is 49.2 Å². The van der Waals surface area contributed by atoms with E-state index < -0.39 is 10.0 Å². The van der Waals surface area contributed by atoms with Crippen LogP contribution in [0.3, 0.4) is 0 Å². The lowest BCUT2D eigenvalue weighted by Crippen LogP contribution is -2.26. The van der Waals surface area contributed by atoms with E-state index in [2.05, 4.69) is 4.72 Å². The van der Waals surface area contributed by atoms with Crippen molar-refractivity contribution < 1.29 is 13.2 Å². The van der Waals surface area contributed by atoms with Crippen molar-refractivity contribution in [3.8, 4) is 5.75 Å². The van der Waals surface area contributed by atoms with E-state index in [1.165, 1.54) is 6.07 Å². The number of nitrogens with one attached hydrogen (secondary N) is 1. The molecule has 0 spiro atoms. The summed E-state index contributed by atoms with van der Waals surface area (Å²) in [6.07, 6.45) is 0. The third-order valence-corrected chi connectivity index (χ3v) is 5.35. The van der Waals surface area contributed by atoms with Crippen LogP contribution in [0.5, 0.6) is 5.75 Å². The smallest absolute Gasteiger partial charge is 0.241 e. The van der Waals surface area contributed by atoms with Crippen molar-refractivity contribution in [2.24, 2.45) is 0 Å². The lowest BCUT2D eigenvalue weighted by atomic mass is 10.1. The van der Waals surface area contributed by atoms with Gasteiger partial charge in [0.15, 0.2) is 0 Å². The normalized spacial score (nSPS) is 12.9. The predicted molar refractivity (Wildman–Crippen MR) is 87.9 cm³/mol. The highest BCUT2D eigenvalue weighted by Crippen LogP contribution is 2.23. The number of rotatable bonds is 5. The average molecular weight is 340 g/mol. The van der Waals surface area contributed by atoms with Crippen molar-refractivity contribution in [3.05, 3.63) is 58.6 Å². The van der Waals surface area contributed by atoms with Crippen molar-refractivity contribution in [2.75, 3.05) is 7.11 Å². The van der Waals surface area contributed by atoms with Gasteiger partial charge in [0.1, 0.15) is 5.75 Å². The largest absolute Gasteiger partial charge is 0.497 e. The van der Waals surface area contributed by atoms with Crippen LogP contribution in [0, 0.1) is 6.92 Å². The molecule has 0 saturated carbocycles. The number of halogens is 1. The molecule has 1 atom stereocenters. The van der Waals surface area contributed by atoms with E-state index >= 15 is 0 Å². The van der Waals surface area contributed by atoms with Gasteiger partial charge in [0.05, 0.1) is 12.0 Å². The van der Waals surface area contributed by atoms with Gasteiger partial charge >= 0.3 is 0 Å². The minimum atomic E-state index is -3.63. The number of hydrogen-bond donors (Lipinski definition) is 1. The number of aryl methyl sites for hydroxylation is 1. The standard InChI is InChI=1S/C16H18ClNO3S/c1-11-4-9-15(10-16(11)17)22(19,20)18-12(2)13-5-7-14(21-3)8-6-13/h4-10,12,18H,1-3H3. The van der Waals surface area contributed by atoms with Crippen LogP contribution < -0.4 is 9.46 Å². The fourth-order valence-corrected chi connectivity index (χ4v) is 3.51. The average Bonchev–Trinajstić information content (AvgIpc) is 2.49. The molecule has 2 rings (SSSR count). The highest BCUT2D eigenvalue weighted by Gasteiger charge is 2.19. The summed E-state index contributed by atoms with van der Waals surface area (Å²) in [5.74, 6) is 0.726. The zero-order valence-electron chi connectivity index (χ0n) is 12.6. The molecule has 0 amide bonds. The fourth-order valence-electron chi connectivity index (χ4n) is 2.00. The number of benzene rings is 2. The molecule has 118 valence electrons. The molecule has 0 bridgehead atoms. The second-order valence-corrected chi connectivity index (χ2v) is 7.15. The number of ether oxygens (including phenoxy) is 1. The quantitative estimate of drug-likeness (QED) is 0.903. The summed E-state index contributed by atoms with van der Waals surface area (Å²) < 4.78 is 32.6. The number of hydrogen-bond acceptors (Lipinski definition) is 3. The van der Waals surface area contributed by atoms with Gasteiger partial charge < -0.3 is 4.74 Å². The van der Waals surface area contributed by atoms with Gasteiger partial charge in [-0.3, -0.25) is 0 Å². The zero-order chi connectivity index (χ0) is 16.3. The third-order valence-electron chi connectivity index (χ3n) is 3.40. The Morgan fingerprint density at radius 1 is 1.14 bits per heavy atom. The topological polar surface area (TPSA) is 55.4 Å². The van der Waals surface area contributed by atoms with Crippen molar-refractivity contribution >= 4 is 21.6 Å². The second-order valence-electron chi connectivity index (χ2n) is 5.03. The Kier molecular flexibility index (Phi) is 5.11. The molecule has 1 N–H and O–H groups in total. The highest BCUT2D eigenvalue weighted by molar-refractivity contribution is 7.89. The molecule has 0 aliphatic heterocycles.